The smallest absolute Gasteiger partial charge is 0.325 e. The fourth-order valence-corrected chi connectivity index (χ4v) is 2.48. The van der Waals surface area contributed by atoms with Gasteiger partial charge in [-0.3, -0.25) is 14.4 Å². The summed E-state index contributed by atoms with van der Waals surface area (Å²) in [6.07, 6.45) is 0. The molecule has 160 valence electrons. The van der Waals surface area contributed by atoms with Crippen LogP contribution >= 0.6 is 0 Å². The van der Waals surface area contributed by atoms with Crippen LogP contribution in [0.15, 0.2) is 42.5 Å². The van der Waals surface area contributed by atoms with Gasteiger partial charge in [-0.1, -0.05) is 12.1 Å². The van der Waals surface area contributed by atoms with Gasteiger partial charge in [-0.25, -0.2) is 0 Å². The zero-order valence-corrected chi connectivity index (χ0v) is 17.0. The number of para-hydroxylation sites is 1. The van der Waals surface area contributed by atoms with Gasteiger partial charge in [-0.2, -0.15) is 0 Å². The van der Waals surface area contributed by atoms with E-state index in [0.29, 0.717) is 35.1 Å². The van der Waals surface area contributed by atoms with E-state index in [1.165, 1.54) is 14.2 Å². The van der Waals surface area contributed by atoms with Crippen molar-refractivity contribution in [2.45, 2.75) is 6.92 Å². The number of hydrogen-bond acceptors (Lipinski definition) is 7. The highest BCUT2D eigenvalue weighted by Gasteiger charge is 2.15. The summed E-state index contributed by atoms with van der Waals surface area (Å²) in [6, 6.07) is 11.6. The first-order valence-corrected chi connectivity index (χ1v) is 9.16. The van der Waals surface area contributed by atoms with Crippen molar-refractivity contribution in [1.82, 2.24) is 5.32 Å². The molecule has 9 heteroatoms. The van der Waals surface area contributed by atoms with Crippen LogP contribution in [0.5, 0.6) is 17.2 Å². The number of rotatable bonds is 10. The van der Waals surface area contributed by atoms with Gasteiger partial charge in [0.25, 0.3) is 11.8 Å². The Hall–Kier alpha value is -3.75. The van der Waals surface area contributed by atoms with Crippen molar-refractivity contribution >= 4 is 23.5 Å². The summed E-state index contributed by atoms with van der Waals surface area (Å²) in [5.41, 5.74) is 0.675. The molecule has 0 spiro atoms. The molecule has 0 aliphatic rings. The lowest BCUT2D eigenvalue weighted by Crippen LogP contribution is -2.32. The van der Waals surface area contributed by atoms with Crippen LogP contribution in [-0.4, -0.2) is 51.8 Å². The number of nitrogens with one attached hydrogen (secondary N) is 2. The van der Waals surface area contributed by atoms with Gasteiger partial charge in [0, 0.05) is 6.07 Å². The first-order valence-electron chi connectivity index (χ1n) is 9.16. The second-order valence-electron chi connectivity index (χ2n) is 5.89. The molecule has 2 aromatic carbocycles. The molecular formula is C21H24N2O7. The van der Waals surface area contributed by atoms with E-state index in [-0.39, 0.29) is 0 Å². The van der Waals surface area contributed by atoms with Crippen molar-refractivity contribution in [2.75, 3.05) is 39.3 Å². The van der Waals surface area contributed by atoms with Crippen molar-refractivity contribution in [3.63, 3.8) is 0 Å². The molecule has 9 nitrogen and oxygen atoms in total. The van der Waals surface area contributed by atoms with Gasteiger partial charge in [-0.05, 0) is 31.2 Å². The lowest BCUT2D eigenvalue weighted by molar-refractivity contribution is -0.146. The third-order valence-electron chi connectivity index (χ3n) is 3.87. The van der Waals surface area contributed by atoms with Crippen LogP contribution in [0.3, 0.4) is 0 Å². The van der Waals surface area contributed by atoms with E-state index in [9.17, 15) is 14.4 Å². The molecule has 0 aliphatic carbocycles. The highest BCUT2D eigenvalue weighted by Crippen LogP contribution is 2.28. The molecule has 2 N–H and O–H groups in total. The number of methoxy groups -OCH3 is 2. The number of hydrogen-bond donors (Lipinski definition) is 2. The molecule has 0 saturated heterocycles. The second kappa shape index (κ2) is 11.3. The van der Waals surface area contributed by atoms with E-state index in [2.05, 4.69) is 10.6 Å². The van der Waals surface area contributed by atoms with E-state index < -0.39 is 30.9 Å². The molecule has 0 atom stereocenters. The summed E-state index contributed by atoms with van der Waals surface area (Å²) in [5, 5.41) is 5.02. The lowest BCUT2D eigenvalue weighted by atomic mass is 10.2. The number of esters is 1. The third-order valence-corrected chi connectivity index (χ3v) is 3.87. The van der Waals surface area contributed by atoms with Crippen molar-refractivity contribution in [1.29, 1.82) is 0 Å². The molecule has 0 aliphatic heterocycles. The molecule has 0 saturated carbocycles. The molecule has 0 bridgehead atoms. The van der Waals surface area contributed by atoms with Gasteiger partial charge in [0.15, 0.2) is 6.61 Å². The maximum Gasteiger partial charge on any atom is 0.325 e. The highest BCUT2D eigenvalue weighted by atomic mass is 16.5. The summed E-state index contributed by atoms with van der Waals surface area (Å²) in [6.45, 7) is 1.29. The molecule has 2 amide bonds. The Balaban J connectivity index is 1.84. The number of carbonyl (C=O) groups is 3. The van der Waals surface area contributed by atoms with E-state index in [1.807, 2.05) is 0 Å². The van der Waals surface area contributed by atoms with Crippen LogP contribution in [0.4, 0.5) is 5.69 Å². The molecule has 2 rings (SSSR count). The quantitative estimate of drug-likeness (QED) is 0.570. The van der Waals surface area contributed by atoms with E-state index in [1.54, 1.807) is 49.4 Å². The summed E-state index contributed by atoms with van der Waals surface area (Å²) in [4.78, 5) is 36.2. The van der Waals surface area contributed by atoms with Crippen LogP contribution in [0.25, 0.3) is 0 Å². The molecule has 0 aromatic heterocycles. The summed E-state index contributed by atoms with van der Waals surface area (Å²) in [7, 11) is 2.96. The summed E-state index contributed by atoms with van der Waals surface area (Å²) >= 11 is 0. The maximum absolute atomic E-state index is 12.3. The zero-order chi connectivity index (χ0) is 21.9. The predicted octanol–water partition coefficient (Wildman–Crippen LogP) is 2.01. The van der Waals surface area contributed by atoms with E-state index >= 15 is 0 Å². The largest absolute Gasteiger partial charge is 0.497 e. The Morgan fingerprint density at radius 2 is 1.73 bits per heavy atom. The van der Waals surface area contributed by atoms with E-state index in [4.69, 9.17) is 18.9 Å². The van der Waals surface area contributed by atoms with Crippen LogP contribution in [0, 0.1) is 0 Å². The Kier molecular flexibility index (Phi) is 8.49. The maximum atomic E-state index is 12.3. The standard InChI is InChI=1S/C21H24N2O7/c1-4-29-17-8-6-5-7-15(17)21(26)22-12-20(25)30-13-19(24)23-16-11-14(27-2)9-10-18(16)28-3/h5-11H,4,12-13H2,1-3H3,(H,22,26)(H,23,24). The Morgan fingerprint density at radius 1 is 0.967 bits per heavy atom. The van der Waals surface area contributed by atoms with Gasteiger partial charge in [0.2, 0.25) is 0 Å². The minimum absolute atomic E-state index is 0.301. The zero-order valence-electron chi connectivity index (χ0n) is 17.0. The highest BCUT2D eigenvalue weighted by molar-refractivity contribution is 5.98. The van der Waals surface area contributed by atoms with Crippen molar-refractivity contribution in [3.05, 3.63) is 48.0 Å². The van der Waals surface area contributed by atoms with Crippen LogP contribution in [0.2, 0.25) is 0 Å². The Labute approximate surface area is 174 Å². The summed E-state index contributed by atoms with van der Waals surface area (Å²) < 4.78 is 20.6. The van der Waals surface area contributed by atoms with Crippen LogP contribution in [-0.2, 0) is 14.3 Å². The molecule has 0 fully saturated rings. The minimum Gasteiger partial charge on any atom is -0.497 e. The van der Waals surface area contributed by atoms with E-state index in [0.717, 1.165) is 0 Å². The monoisotopic (exact) mass is 416 g/mol. The average molecular weight is 416 g/mol. The van der Waals surface area contributed by atoms with Gasteiger partial charge in [-0.15, -0.1) is 0 Å². The molecule has 30 heavy (non-hydrogen) atoms. The molecular weight excluding hydrogens is 392 g/mol. The van der Waals surface area contributed by atoms with Crippen LogP contribution < -0.4 is 24.8 Å². The minimum atomic E-state index is -0.759. The average Bonchev–Trinajstić information content (AvgIpc) is 2.76. The first kappa shape index (κ1) is 22.5. The SMILES string of the molecule is CCOc1ccccc1C(=O)NCC(=O)OCC(=O)Nc1cc(OC)ccc1OC. The van der Waals surface area contributed by atoms with Gasteiger partial charge >= 0.3 is 5.97 Å². The molecule has 0 unspecified atom stereocenters. The number of anilines is 1. The molecule has 0 radical (unpaired) electrons. The van der Waals surface area contributed by atoms with Crippen molar-refractivity contribution in [2.24, 2.45) is 0 Å². The van der Waals surface area contributed by atoms with Crippen molar-refractivity contribution in [3.8, 4) is 17.2 Å². The predicted molar refractivity (Wildman–Crippen MR) is 109 cm³/mol. The van der Waals surface area contributed by atoms with Crippen molar-refractivity contribution < 1.29 is 33.3 Å². The Bertz CT molecular complexity index is 899. The fraction of sp³-hybridized carbons (Fsp3) is 0.286. The van der Waals surface area contributed by atoms with Gasteiger partial charge < -0.3 is 29.6 Å². The molecule has 2 aromatic rings. The number of benzene rings is 2. The normalized spacial score (nSPS) is 9.97. The lowest BCUT2D eigenvalue weighted by Gasteiger charge is -2.12. The number of carbonyl (C=O) groups excluding carboxylic acids is 3. The first-order chi connectivity index (χ1) is 14.5. The molecule has 0 heterocycles. The topological polar surface area (TPSA) is 112 Å². The number of amides is 2. The summed E-state index contributed by atoms with van der Waals surface area (Å²) in [5.74, 6) is -0.444. The van der Waals surface area contributed by atoms with Crippen LogP contribution in [0.1, 0.15) is 17.3 Å². The number of ether oxygens (including phenoxy) is 4. The van der Waals surface area contributed by atoms with Gasteiger partial charge in [0.05, 0.1) is 32.1 Å². The third kappa shape index (κ3) is 6.40. The Morgan fingerprint density at radius 3 is 2.43 bits per heavy atom. The second-order valence-corrected chi connectivity index (χ2v) is 5.89. The fourth-order valence-electron chi connectivity index (χ4n) is 2.48. The van der Waals surface area contributed by atoms with Gasteiger partial charge in [0.1, 0.15) is 23.8 Å².